The molecule has 1 aromatic rings. The highest BCUT2D eigenvalue weighted by Gasteiger charge is 2.35. The first kappa shape index (κ1) is 16.6. The van der Waals surface area contributed by atoms with Crippen LogP contribution in [0.15, 0.2) is 6.07 Å². The van der Waals surface area contributed by atoms with E-state index in [-0.39, 0.29) is 11.9 Å². The summed E-state index contributed by atoms with van der Waals surface area (Å²) in [6.07, 6.45) is 6.90. The van der Waals surface area contributed by atoms with E-state index in [9.17, 15) is 13.2 Å². The number of carbonyl (C=O) groups is 1. The molecule has 1 aromatic heterocycles. The van der Waals surface area contributed by atoms with Gasteiger partial charge in [-0.2, -0.15) is 0 Å². The third kappa shape index (κ3) is 3.32. The molecule has 0 aliphatic heterocycles. The van der Waals surface area contributed by atoms with Crippen LogP contribution in [0.2, 0.25) is 0 Å². The molecule has 0 radical (unpaired) electrons. The minimum absolute atomic E-state index is 0.134. The third-order valence-corrected chi connectivity index (χ3v) is 6.87. The zero-order chi connectivity index (χ0) is 16.8. The zero-order valence-corrected chi connectivity index (χ0v) is 14.9. The summed E-state index contributed by atoms with van der Waals surface area (Å²) in [6.45, 7) is 4.01. The number of nitrogens with zero attached hydrogens (tertiary/aromatic N) is 1. The van der Waals surface area contributed by atoms with Crippen LogP contribution >= 0.6 is 0 Å². The molecular weight excluding hydrogens is 312 g/mol. The molecule has 0 spiro atoms. The first-order chi connectivity index (χ1) is 10.8. The molecule has 1 amide bonds. The molecule has 128 valence electrons. The molecule has 2 atom stereocenters. The van der Waals surface area contributed by atoms with Gasteiger partial charge in [-0.25, -0.2) is 8.42 Å². The van der Waals surface area contributed by atoms with Gasteiger partial charge in [-0.15, -0.1) is 0 Å². The quantitative estimate of drug-likeness (QED) is 0.917. The molecule has 0 bridgehead atoms. The lowest BCUT2D eigenvalue weighted by Crippen LogP contribution is -2.48. The van der Waals surface area contributed by atoms with Gasteiger partial charge in [0.2, 0.25) is 0 Å². The van der Waals surface area contributed by atoms with Gasteiger partial charge in [0.25, 0.3) is 5.91 Å². The number of hydrogen-bond donors (Lipinski definition) is 1. The number of aryl methyl sites for hydroxylation is 1. The highest BCUT2D eigenvalue weighted by Crippen LogP contribution is 2.38. The maximum atomic E-state index is 12.7. The molecule has 0 saturated heterocycles. The second kappa shape index (κ2) is 5.96. The average Bonchev–Trinajstić information content (AvgIpc) is 3.24. The van der Waals surface area contributed by atoms with Crippen LogP contribution < -0.4 is 5.32 Å². The van der Waals surface area contributed by atoms with E-state index >= 15 is 0 Å². The third-order valence-electron chi connectivity index (χ3n) is 5.21. The fraction of sp³-hybridized carbons (Fsp3) is 0.706. The lowest BCUT2D eigenvalue weighted by Gasteiger charge is -2.30. The van der Waals surface area contributed by atoms with Crippen molar-refractivity contribution in [3.05, 3.63) is 23.0 Å². The van der Waals surface area contributed by atoms with Crippen molar-refractivity contribution in [2.45, 2.75) is 69.7 Å². The molecule has 23 heavy (non-hydrogen) atoms. The van der Waals surface area contributed by atoms with Gasteiger partial charge in [0, 0.05) is 29.7 Å². The molecular formula is C17H26N2O3S. The number of rotatable bonds is 4. The standard InChI is InChI=1S/C17H26N2O3S/c1-11-10-14(12(2)19(11)13-8-9-13)17(20)18-15-6-4-5-7-16(15)23(3,21)22/h10,13,15-16H,4-9H2,1-3H3,(H,18,20)/t15-,16-/m1/s1. The van der Waals surface area contributed by atoms with Crippen LogP contribution in [0.25, 0.3) is 0 Å². The smallest absolute Gasteiger partial charge is 0.253 e. The summed E-state index contributed by atoms with van der Waals surface area (Å²) >= 11 is 0. The van der Waals surface area contributed by atoms with Gasteiger partial charge in [0.15, 0.2) is 9.84 Å². The van der Waals surface area contributed by atoms with Crippen LogP contribution in [0, 0.1) is 13.8 Å². The van der Waals surface area contributed by atoms with E-state index < -0.39 is 15.1 Å². The zero-order valence-electron chi connectivity index (χ0n) is 14.1. The summed E-state index contributed by atoms with van der Waals surface area (Å²) in [6, 6.07) is 2.20. The largest absolute Gasteiger partial charge is 0.348 e. The van der Waals surface area contributed by atoms with Crippen molar-refractivity contribution >= 4 is 15.7 Å². The van der Waals surface area contributed by atoms with Crippen LogP contribution in [-0.4, -0.2) is 36.4 Å². The Morgan fingerprint density at radius 1 is 1.17 bits per heavy atom. The monoisotopic (exact) mass is 338 g/mol. The summed E-state index contributed by atoms with van der Waals surface area (Å²) < 4.78 is 26.2. The second-order valence-corrected chi connectivity index (χ2v) is 9.38. The Labute approximate surface area is 138 Å². The average molecular weight is 338 g/mol. The Balaban J connectivity index is 1.79. The van der Waals surface area contributed by atoms with Gasteiger partial charge < -0.3 is 9.88 Å². The molecule has 2 saturated carbocycles. The van der Waals surface area contributed by atoms with Crippen LogP contribution in [-0.2, 0) is 9.84 Å². The Morgan fingerprint density at radius 3 is 2.43 bits per heavy atom. The van der Waals surface area contributed by atoms with Crippen molar-refractivity contribution in [2.24, 2.45) is 0 Å². The lowest BCUT2D eigenvalue weighted by molar-refractivity contribution is 0.0928. The Bertz CT molecular complexity index is 716. The van der Waals surface area contributed by atoms with Gasteiger partial charge in [0.05, 0.1) is 10.8 Å². The Hall–Kier alpha value is -1.30. The molecule has 5 nitrogen and oxygen atoms in total. The van der Waals surface area contributed by atoms with Crippen LogP contribution in [0.5, 0.6) is 0 Å². The SMILES string of the molecule is Cc1cc(C(=O)N[C@@H]2CCCC[C@H]2S(C)(=O)=O)c(C)n1C1CC1. The number of hydrogen-bond acceptors (Lipinski definition) is 3. The predicted molar refractivity (Wildman–Crippen MR) is 90.5 cm³/mol. The number of aromatic nitrogens is 1. The molecule has 1 heterocycles. The van der Waals surface area contributed by atoms with Crippen molar-refractivity contribution < 1.29 is 13.2 Å². The first-order valence-electron chi connectivity index (χ1n) is 8.47. The number of sulfone groups is 1. The van der Waals surface area contributed by atoms with E-state index in [0.717, 1.165) is 30.7 Å². The van der Waals surface area contributed by atoms with Crippen LogP contribution in [0.1, 0.15) is 66.3 Å². The molecule has 1 N–H and O–H groups in total. The molecule has 2 fully saturated rings. The highest BCUT2D eigenvalue weighted by molar-refractivity contribution is 7.91. The second-order valence-electron chi connectivity index (χ2n) is 7.12. The van der Waals surface area contributed by atoms with Crippen LogP contribution in [0.4, 0.5) is 0 Å². The molecule has 6 heteroatoms. The van der Waals surface area contributed by atoms with Gasteiger partial charge >= 0.3 is 0 Å². The van der Waals surface area contributed by atoms with E-state index in [2.05, 4.69) is 9.88 Å². The molecule has 3 rings (SSSR count). The van der Waals surface area contributed by atoms with Gasteiger partial charge in [-0.05, 0) is 45.6 Å². The fourth-order valence-electron chi connectivity index (χ4n) is 3.92. The first-order valence-corrected chi connectivity index (χ1v) is 10.4. The maximum absolute atomic E-state index is 12.7. The maximum Gasteiger partial charge on any atom is 0.253 e. The van der Waals surface area contributed by atoms with Crippen LogP contribution in [0.3, 0.4) is 0 Å². The van der Waals surface area contributed by atoms with Crippen molar-refractivity contribution in [1.82, 2.24) is 9.88 Å². The number of amides is 1. The molecule has 0 unspecified atom stereocenters. The van der Waals surface area contributed by atoms with E-state index in [1.807, 2.05) is 19.9 Å². The summed E-state index contributed by atoms with van der Waals surface area (Å²) in [5.74, 6) is -0.134. The Morgan fingerprint density at radius 2 is 1.83 bits per heavy atom. The normalized spacial score (nSPS) is 25.3. The molecule has 2 aliphatic rings. The van der Waals surface area contributed by atoms with Crippen molar-refractivity contribution in [3.8, 4) is 0 Å². The number of nitrogens with one attached hydrogen (secondary N) is 1. The fourth-order valence-corrected chi connectivity index (χ4v) is 5.32. The summed E-state index contributed by atoms with van der Waals surface area (Å²) in [7, 11) is -3.14. The summed E-state index contributed by atoms with van der Waals surface area (Å²) in [4.78, 5) is 12.7. The highest BCUT2D eigenvalue weighted by atomic mass is 32.2. The minimum atomic E-state index is -3.14. The van der Waals surface area contributed by atoms with Crippen molar-refractivity contribution in [2.75, 3.05) is 6.26 Å². The summed E-state index contributed by atoms with van der Waals surface area (Å²) in [5.41, 5.74) is 2.79. The van der Waals surface area contributed by atoms with Gasteiger partial charge in [-0.3, -0.25) is 4.79 Å². The number of carbonyl (C=O) groups excluding carboxylic acids is 1. The van der Waals surface area contributed by atoms with E-state index in [1.54, 1.807) is 0 Å². The van der Waals surface area contributed by atoms with E-state index in [4.69, 9.17) is 0 Å². The Kier molecular flexibility index (Phi) is 4.29. The topological polar surface area (TPSA) is 68.2 Å². The summed E-state index contributed by atoms with van der Waals surface area (Å²) in [5, 5.41) is 2.55. The van der Waals surface area contributed by atoms with Crippen molar-refractivity contribution in [1.29, 1.82) is 0 Å². The molecule has 2 aliphatic carbocycles. The lowest BCUT2D eigenvalue weighted by atomic mass is 9.94. The predicted octanol–water partition coefficient (Wildman–Crippen LogP) is 2.53. The van der Waals surface area contributed by atoms with E-state index in [1.165, 1.54) is 19.1 Å². The molecule has 0 aromatic carbocycles. The van der Waals surface area contributed by atoms with Crippen molar-refractivity contribution in [3.63, 3.8) is 0 Å². The minimum Gasteiger partial charge on any atom is -0.348 e. The van der Waals surface area contributed by atoms with Gasteiger partial charge in [0.1, 0.15) is 0 Å². The van der Waals surface area contributed by atoms with E-state index in [0.29, 0.717) is 18.0 Å². The van der Waals surface area contributed by atoms with Gasteiger partial charge in [-0.1, -0.05) is 12.8 Å².